The molecule has 3 nitrogen and oxygen atoms in total. The molecule has 1 aliphatic carbocycles. The average Bonchev–Trinajstić information content (AvgIpc) is 2.88. The van der Waals surface area contributed by atoms with Crippen molar-refractivity contribution in [3.8, 4) is 5.75 Å². The van der Waals surface area contributed by atoms with Crippen molar-refractivity contribution in [1.29, 1.82) is 0 Å². The van der Waals surface area contributed by atoms with Gasteiger partial charge in [0.2, 0.25) is 0 Å². The molecule has 0 unspecified atom stereocenters. The highest BCUT2D eigenvalue weighted by Crippen LogP contribution is 2.43. The van der Waals surface area contributed by atoms with E-state index in [1.165, 1.54) is 34.5 Å². The van der Waals surface area contributed by atoms with Crippen molar-refractivity contribution in [1.82, 2.24) is 4.90 Å². The van der Waals surface area contributed by atoms with Gasteiger partial charge in [0.15, 0.2) is 0 Å². The second-order valence-electron chi connectivity index (χ2n) is 9.66. The highest BCUT2D eigenvalue weighted by molar-refractivity contribution is 6.32. The summed E-state index contributed by atoms with van der Waals surface area (Å²) in [6.07, 6.45) is 1.72. The van der Waals surface area contributed by atoms with E-state index in [2.05, 4.69) is 60.0 Å². The van der Waals surface area contributed by atoms with Crippen LogP contribution < -0.4 is 9.64 Å². The molecule has 0 aromatic heterocycles. The second kappa shape index (κ2) is 10.0. The number of hydrogen-bond acceptors (Lipinski definition) is 3. The number of ether oxygens (including phenoxy) is 1. The molecule has 5 rings (SSSR count). The molecule has 1 fully saturated rings. The minimum absolute atomic E-state index is 0.316. The van der Waals surface area contributed by atoms with Crippen molar-refractivity contribution in [3.05, 3.63) is 93.8 Å². The summed E-state index contributed by atoms with van der Waals surface area (Å²) in [7, 11) is 1.70. The second-order valence-corrected chi connectivity index (χ2v) is 10.1. The third kappa shape index (κ3) is 4.82. The third-order valence-electron chi connectivity index (χ3n) is 7.35. The van der Waals surface area contributed by atoms with E-state index < -0.39 is 0 Å². The molecule has 5 heteroatoms. The van der Waals surface area contributed by atoms with Crippen LogP contribution in [0.25, 0.3) is 11.1 Å². The van der Waals surface area contributed by atoms with Crippen molar-refractivity contribution in [2.45, 2.75) is 32.7 Å². The quantitative estimate of drug-likeness (QED) is 0.386. The zero-order valence-corrected chi connectivity index (χ0v) is 21.4. The summed E-state index contributed by atoms with van der Waals surface area (Å²) in [5, 5.41) is 0.453. The highest BCUT2D eigenvalue weighted by Gasteiger charge is 2.24. The van der Waals surface area contributed by atoms with E-state index in [1.54, 1.807) is 7.11 Å². The van der Waals surface area contributed by atoms with Gasteiger partial charge in [0.25, 0.3) is 0 Å². The number of methoxy groups -OCH3 is 1. The first kappa shape index (κ1) is 23.9. The maximum absolute atomic E-state index is 13.8. The Balaban J connectivity index is 1.54. The topological polar surface area (TPSA) is 15.7 Å². The number of aryl methyl sites for hydroxylation is 1. The molecule has 3 aromatic carbocycles. The summed E-state index contributed by atoms with van der Waals surface area (Å²) in [6, 6.07) is 20.5. The molecule has 2 aliphatic rings. The monoisotopic (exact) mass is 490 g/mol. The minimum Gasteiger partial charge on any atom is -0.497 e. The highest BCUT2D eigenvalue weighted by atomic mass is 35.5. The van der Waals surface area contributed by atoms with Crippen LogP contribution in [0, 0.1) is 5.82 Å². The van der Waals surface area contributed by atoms with Gasteiger partial charge in [-0.15, -0.1) is 0 Å². The number of rotatable bonds is 5. The lowest BCUT2D eigenvalue weighted by Gasteiger charge is -2.38. The standard InChI is InChI=1S/C30H32ClFN2O/c1-20(2)33-14-16-34(17-15-33)24-8-4-21(5-9-24)30-26-13-10-25(35-3)18-22(26)6-11-28(30)27-12-7-23(32)19-29(27)31/h4-5,7-10,12-13,18-20H,6,11,14-17H2,1-3H3. The van der Waals surface area contributed by atoms with E-state index in [0.29, 0.717) is 11.1 Å². The predicted molar refractivity (Wildman–Crippen MR) is 144 cm³/mol. The Morgan fingerprint density at radius 3 is 2.23 bits per heavy atom. The van der Waals surface area contributed by atoms with E-state index in [-0.39, 0.29) is 5.82 Å². The van der Waals surface area contributed by atoms with Crippen LogP contribution in [0.2, 0.25) is 5.02 Å². The minimum atomic E-state index is -0.316. The van der Waals surface area contributed by atoms with Crippen molar-refractivity contribution < 1.29 is 9.13 Å². The molecule has 0 N–H and O–H groups in total. The largest absolute Gasteiger partial charge is 0.497 e. The summed E-state index contributed by atoms with van der Waals surface area (Å²) in [5.74, 6) is 0.547. The van der Waals surface area contributed by atoms with Crippen molar-refractivity contribution >= 4 is 28.4 Å². The lowest BCUT2D eigenvalue weighted by Crippen LogP contribution is -2.48. The average molecular weight is 491 g/mol. The zero-order valence-electron chi connectivity index (χ0n) is 20.7. The van der Waals surface area contributed by atoms with Gasteiger partial charge in [0, 0.05) is 37.9 Å². The maximum Gasteiger partial charge on any atom is 0.124 e. The lowest BCUT2D eigenvalue weighted by atomic mass is 9.79. The van der Waals surface area contributed by atoms with Gasteiger partial charge in [-0.2, -0.15) is 0 Å². The number of anilines is 1. The van der Waals surface area contributed by atoms with Gasteiger partial charge in [-0.3, -0.25) is 4.90 Å². The van der Waals surface area contributed by atoms with Crippen molar-refractivity contribution in [2.75, 3.05) is 38.2 Å². The van der Waals surface area contributed by atoms with E-state index >= 15 is 0 Å². The molecule has 182 valence electrons. The Bertz CT molecular complexity index is 1240. The van der Waals surface area contributed by atoms with E-state index in [1.807, 2.05) is 12.1 Å². The predicted octanol–water partition coefficient (Wildman–Crippen LogP) is 6.92. The van der Waals surface area contributed by atoms with E-state index in [9.17, 15) is 4.39 Å². The number of allylic oxidation sites excluding steroid dienone is 1. The fraction of sp³-hybridized carbons (Fsp3) is 0.333. The summed E-state index contributed by atoms with van der Waals surface area (Å²) in [6.45, 7) is 8.79. The molecule has 1 heterocycles. The normalized spacial score (nSPS) is 16.6. The number of nitrogens with zero attached hydrogens (tertiary/aromatic N) is 2. The fourth-order valence-electron chi connectivity index (χ4n) is 5.36. The van der Waals surface area contributed by atoms with Crippen molar-refractivity contribution in [3.63, 3.8) is 0 Å². The summed E-state index contributed by atoms with van der Waals surface area (Å²) < 4.78 is 19.3. The van der Waals surface area contributed by atoms with Crippen LogP contribution in [0.15, 0.2) is 60.7 Å². The molecule has 1 saturated heterocycles. The molecule has 1 aliphatic heterocycles. The number of halogens is 2. The van der Waals surface area contributed by atoms with Gasteiger partial charge in [0.05, 0.1) is 12.1 Å². The summed E-state index contributed by atoms with van der Waals surface area (Å²) >= 11 is 6.55. The maximum atomic E-state index is 13.8. The van der Waals surface area contributed by atoms with Crippen LogP contribution in [0.3, 0.4) is 0 Å². The molecule has 0 bridgehead atoms. The Morgan fingerprint density at radius 2 is 1.57 bits per heavy atom. The van der Waals surface area contributed by atoms with Gasteiger partial charge in [-0.05, 0) is 96.5 Å². The van der Waals surface area contributed by atoms with Crippen LogP contribution in [0.4, 0.5) is 10.1 Å². The number of fused-ring (bicyclic) bond motifs is 1. The molecule has 0 amide bonds. The molecular weight excluding hydrogens is 459 g/mol. The van der Waals surface area contributed by atoms with Crippen LogP contribution in [0.5, 0.6) is 5.75 Å². The molecule has 0 radical (unpaired) electrons. The SMILES string of the molecule is COc1ccc2c(c1)CCC(c1ccc(F)cc1Cl)=C2c1ccc(N2CCN(C(C)C)CC2)cc1. The number of hydrogen-bond donors (Lipinski definition) is 0. The zero-order chi connectivity index (χ0) is 24.5. The molecule has 0 saturated carbocycles. The van der Waals surface area contributed by atoms with Gasteiger partial charge in [-0.1, -0.05) is 35.9 Å². The smallest absolute Gasteiger partial charge is 0.124 e. The van der Waals surface area contributed by atoms with Crippen LogP contribution in [0.1, 0.15) is 42.5 Å². The van der Waals surface area contributed by atoms with Gasteiger partial charge in [0.1, 0.15) is 11.6 Å². The lowest BCUT2D eigenvalue weighted by molar-refractivity contribution is 0.209. The first-order chi connectivity index (χ1) is 16.9. The van der Waals surface area contributed by atoms with Crippen LogP contribution in [-0.4, -0.2) is 44.2 Å². The van der Waals surface area contributed by atoms with Gasteiger partial charge < -0.3 is 9.64 Å². The third-order valence-corrected chi connectivity index (χ3v) is 7.66. The van der Waals surface area contributed by atoms with Crippen LogP contribution in [-0.2, 0) is 6.42 Å². The van der Waals surface area contributed by atoms with Crippen LogP contribution >= 0.6 is 11.6 Å². The van der Waals surface area contributed by atoms with E-state index in [0.717, 1.165) is 61.5 Å². The Kier molecular flexibility index (Phi) is 6.86. The number of piperazine rings is 1. The summed E-state index contributed by atoms with van der Waals surface area (Å²) in [4.78, 5) is 5.00. The molecule has 35 heavy (non-hydrogen) atoms. The van der Waals surface area contributed by atoms with Crippen molar-refractivity contribution in [2.24, 2.45) is 0 Å². The Morgan fingerprint density at radius 1 is 0.857 bits per heavy atom. The first-order valence-electron chi connectivity index (χ1n) is 12.4. The Hall–Kier alpha value is -2.82. The Labute approximate surface area is 212 Å². The number of benzene rings is 3. The first-order valence-corrected chi connectivity index (χ1v) is 12.8. The molecule has 0 spiro atoms. The fourth-order valence-corrected chi connectivity index (χ4v) is 5.65. The van der Waals surface area contributed by atoms with Gasteiger partial charge >= 0.3 is 0 Å². The molecule has 3 aromatic rings. The summed E-state index contributed by atoms with van der Waals surface area (Å²) in [5.41, 5.74) is 8.07. The van der Waals surface area contributed by atoms with Gasteiger partial charge in [-0.25, -0.2) is 4.39 Å². The molecule has 0 atom stereocenters. The van der Waals surface area contributed by atoms with E-state index in [4.69, 9.17) is 16.3 Å². The molecular formula is C30H32ClFN2O.